The van der Waals surface area contributed by atoms with E-state index < -0.39 is 11.7 Å². The van der Waals surface area contributed by atoms with Crippen LogP contribution in [0, 0.1) is 6.92 Å². The molecule has 0 aromatic carbocycles. The Bertz CT molecular complexity index is 447. The van der Waals surface area contributed by atoms with Gasteiger partial charge in [-0.15, -0.1) is 0 Å². The van der Waals surface area contributed by atoms with Crippen molar-refractivity contribution in [2.75, 3.05) is 0 Å². The number of nitrogens with zero attached hydrogens (tertiary/aromatic N) is 1. The normalized spacial score (nSPS) is 10.6. The molecule has 1 heterocycles. The first kappa shape index (κ1) is 9.97. The van der Waals surface area contributed by atoms with E-state index in [1.165, 1.54) is 13.0 Å². The number of aryl methyl sites for hydroxylation is 1. The molecule has 1 aromatic rings. The predicted molar refractivity (Wildman–Crippen MR) is 48.6 cm³/mol. The molecule has 0 bridgehead atoms. The Morgan fingerprint density at radius 1 is 1.71 bits per heavy atom. The first-order valence-corrected chi connectivity index (χ1v) is 3.68. The zero-order valence-corrected chi connectivity index (χ0v) is 7.35. The van der Waals surface area contributed by atoms with Gasteiger partial charge >= 0.3 is 11.7 Å². The molecule has 0 aliphatic rings. The van der Waals surface area contributed by atoms with Gasteiger partial charge in [-0.2, -0.15) is 0 Å². The highest BCUT2D eigenvalue weighted by atomic mass is 16.4. The Kier molecular flexibility index (Phi) is 2.66. The summed E-state index contributed by atoms with van der Waals surface area (Å²) in [5, 5.41) is 9.28. The van der Waals surface area contributed by atoms with E-state index in [1.54, 1.807) is 0 Å². The summed E-state index contributed by atoms with van der Waals surface area (Å²) in [6, 6.07) is 0.286. The molecule has 1 rings (SSSR count). The van der Waals surface area contributed by atoms with Crippen molar-refractivity contribution in [1.82, 2.24) is 0 Å². The lowest BCUT2D eigenvalue weighted by atomic mass is 10.2. The van der Waals surface area contributed by atoms with Crippen molar-refractivity contribution in [3.63, 3.8) is 0 Å². The van der Waals surface area contributed by atoms with Crippen molar-refractivity contribution < 1.29 is 14.3 Å². The number of rotatable bonds is 1. The number of urea groups is 1. The quantitative estimate of drug-likeness (QED) is 0.623. The number of nitrogens with two attached hydrogens (primary N) is 1. The molecule has 0 atom stereocenters. The van der Waals surface area contributed by atoms with Crippen LogP contribution in [0.1, 0.15) is 11.3 Å². The van der Waals surface area contributed by atoms with Gasteiger partial charge in [0.1, 0.15) is 17.1 Å². The fourth-order valence-electron chi connectivity index (χ4n) is 0.853. The smallest absolute Gasteiger partial charge is 0.348 e. The molecule has 0 aliphatic heterocycles. The first-order chi connectivity index (χ1) is 6.50. The Labute approximate surface area is 78.7 Å². The third-order valence-electron chi connectivity index (χ3n) is 1.41. The topological polar surface area (TPSA) is 106 Å². The SMILES string of the molecule is Cc1cc(O)c(/C=N/C(N)=O)c(=O)o1. The van der Waals surface area contributed by atoms with Gasteiger partial charge in [0.15, 0.2) is 0 Å². The van der Waals surface area contributed by atoms with E-state index in [4.69, 9.17) is 5.73 Å². The van der Waals surface area contributed by atoms with Gasteiger partial charge in [-0.05, 0) is 6.92 Å². The molecule has 1 aromatic heterocycles. The highest BCUT2D eigenvalue weighted by molar-refractivity contribution is 5.91. The molecule has 2 amide bonds. The van der Waals surface area contributed by atoms with Crippen LogP contribution in [-0.4, -0.2) is 17.4 Å². The summed E-state index contributed by atoms with van der Waals surface area (Å²) in [6.07, 6.45) is 0.864. The van der Waals surface area contributed by atoms with Crippen LogP contribution in [0.5, 0.6) is 5.75 Å². The lowest BCUT2D eigenvalue weighted by Crippen LogP contribution is -2.10. The van der Waals surface area contributed by atoms with E-state index in [2.05, 4.69) is 9.41 Å². The van der Waals surface area contributed by atoms with E-state index >= 15 is 0 Å². The average molecular weight is 196 g/mol. The molecule has 0 unspecified atom stereocenters. The fourth-order valence-corrected chi connectivity index (χ4v) is 0.853. The summed E-state index contributed by atoms with van der Waals surface area (Å²) in [7, 11) is 0. The van der Waals surface area contributed by atoms with Crippen LogP contribution in [0.15, 0.2) is 20.3 Å². The first-order valence-electron chi connectivity index (χ1n) is 3.68. The van der Waals surface area contributed by atoms with Gasteiger partial charge in [0.05, 0.1) is 6.21 Å². The molecule has 6 heteroatoms. The van der Waals surface area contributed by atoms with Gasteiger partial charge in [0.2, 0.25) is 0 Å². The van der Waals surface area contributed by atoms with E-state index in [-0.39, 0.29) is 17.1 Å². The summed E-state index contributed by atoms with van der Waals surface area (Å²) < 4.78 is 4.66. The number of carbonyl (C=O) groups is 1. The number of hydrogen-bond acceptors (Lipinski definition) is 4. The summed E-state index contributed by atoms with van der Waals surface area (Å²) in [6.45, 7) is 1.51. The fraction of sp³-hybridized carbons (Fsp3) is 0.125. The van der Waals surface area contributed by atoms with E-state index in [1.807, 2.05) is 0 Å². The standard InChI is InChI=1S/C8H8N2O4/c1-4-2-6(11)5(7(12)14-4)3-10-8(9)13/h2-3,11H,1H3,(H2,9,13)/b10-3+. The summed E-state index contributed by atoms with van der Waals surface area (Å²) >= 11 is 0. The minimum Gasteiger partial charge on any atom is -0.507 e. The minimum atomic E-state index is -0.954. The third kappa shape index (κ3) is 2.19. The molecule has 0 radical (unpaired) electrons. The summed E-state index contributed by atoms with van der Waals surface area (Å²) in [4.78, 5) is 24.5. The Hall–Kier alpha value is -2.11. The highest BCUT2D eigenvalue weighted by Gasteiger charge is 2.06. The van der Waals surface area contributed by atoms with E-state index in [0.717, 1.165) is 6.21 Å². The maximum absolute atomic E-state index is 11.1. The monoisotopic (exact) mass is 196 g/mol. The van der Waals surface area contributed by atoms with Gasteiger partial charge in [-0.3, -0.25) is 0 Å². The maximum atomic E-state index is 11.1. The summed E-state index contributed by atoms with van der Waals surface area (Å²) in [5.41, 5.74) is 3.75. The number of aliphatic imine (C=N–C) groups is 1. The van der Waals surface area contributed by atoms with Crippen LogP contribution >= 0.6 is 0 Å². The highest BCUT2D eigenvalue weighted by Crippen LogP contribution is 2.11. The maximum Gasteiger partial charge on any atom is 0.348 e. The zero-order chi connectivity index (χ0) is 10.7. The molecule has 0 spiro atoms. The van der Waals surface area contributed by atoms with E-state index in [9.17, 15) is 14.7 Å². The molecule has 0 aliphatic carbocycles. The average Bonchev–Trinajstić information content (AvgIpc) is 2.01. The van der Waals surface area contributed by atoms with Gasteiger partial charge < -0.3 is 15.3 Å². The zero-order valence-electron chi connectivity index (χ0n) is 7.35. The van der Waals surface area contributed by atoms with Gasteiger partial charge in [-0.1, -0.05) is 0 Å². The van der Waals surface area contributed by atoms with Crippen molar-refractivity contribution >= 4 is 12.2 Å². The second-order valence-corrected chi connectivity index (χ2v) is 2.54. The number of carbonyl (C=O) groups excluding carboxylic acids is 1. The van der Waals surface area contributed by atoms with Crippen LogP contribution in [0.4, 0.5) is 4.79 Å². The second kappa shape index (κ2) is 3.73. The molecular weight excluding hydrogens is 188 g/mol. The minimum absolute atomic E-state index is 0.200. The number of hydrogen-bond donors (Lipinski definition) is 2. The van der Waals surface area contributed by atoms with Crippen LogP contribution in [0.3, 0.4) is 0 Å². The molecular formula is C8H8N2O4. The van der Waals surface area contributed by atoms with E-state index in [0.29, 0.717) is 0 Å². The molecule has 0 saturated heterocycles. The lowest BCUT2D eigenvalue weighted by Gasteiger charge is -1.96. The van der Waals surface area contributed by atoms with Crippen molar-refractivity contribution in [3.8, 4) is 5.75 Å². The molecule has 74 valence electrons. The number of aromatic hydroxyl groups is 1. The van der Waals surface area contributed by atoms with Crippen molar-refractivity contribution in [1.29, 1.82) is 0 Å². The predicted octanol–water partition coefficient (Wildman–Crippen LogP) is 0.151. The van der Waals surface area contributed by atoms with Crippen LogP contribution in [0.2, 0.25) is 0 Å². The van der Waals surface area contributed by atoms with Gasteiger partial charge in [0.25, 0.3) is 0 Å². The summed E-state index contributed by atoms with van der Waals surface area (Å²) in [5.74, 6) is -0.0347. The van der Waals surface area contributed by atoms with Crippen LogP contribution < -0.4 is 11.4 Å². The molecule has 0 saturated carbocycles. The molecule has 3 N–H and O–H groups in total. The van der Waals surface area contributed by atoms with Crippen molar-refractivity contribution in [2.24, 2.45) is 10.7 Å². The van der Waals surface area contributed by atoms with Crippen molar-refractivity contribution in [2.45, 2.75) is 6.92 Å². The lowest BCUT2D eigenvalue weighted by molar-refractivity contribution is 0.257. The molecule has 0 fully saturated rings. The Morgan fingerprint density at radius 2 is 2.36 bits per heavy atom. The molecule has 14 heavy (non-hydrogen) atoms. The Morgan fingerprint density at radius 3 is 2.86 bits per heavy atom. The molecule has 6 nitrogen and oxygen atoms in total. The largest absolute Gasteiger partial charge is 0.507 e. The third-order valence-corrected chi connectivity index (χ3v) is 1.41. The van der Waals surface area contributed by atoms with Crippen molar-refractivity contribution in [3.05, 3.63) is 27.8 Å². The Balaban J connectivity index is 3.22. The van der Waals surface area contributed by atoms with Gasteiger partial charge in [-0.25, -0.2) is 14.6 Å². The van der Waals surface area contributed by atoms with Crippen LogP contribution in [0.25, 0.3) is 0 Å². The number of primary amides is 1. The van der Waals surface area contributed by atoms with Gasteiger partial charge in [0, 0.05) is 6.07 Å². The number of amides is 2. The van der Waals surface area contributed by atoms with Crippen LogP contribution in [-0.2, 0) is 0 Å². The second-order valence-electron chi connectivity index (χ2n) is 2.54.